The summed E-state index contributed by atoms with van der Waals surface area (Å²) in [5.41, 5.74) is -9.11. The Balaban J connectivity index is 2.09. The highest BCUT2D eigenvalue weighted by atomic mass is 19.4. The fraction of sp³-hybridized carbons (Fsp3) is 0.500. The van der Waals surface area contributed by atoms with E-state index in [1.807, 2.05) is 0 Å². The van der Waals surface area contributed by atoms with Gasteiger partial charge in [-0.1, -0.05) is 42.5 Å². The summed E-state index contributed by atoms with van der Waals surface area (Å²) < 4.78 is 118. The molecule has 2 aromatic heterocycles. The number of allylic oxidation sites excluding steroid dienone is 1. The topological polar surface area (TPSA) is 155 Å². The number of pyridine rings is 1. The van der Waals surface area contributed by atoms with Crippen LogP contribution < -0.4 is 10.2 Å². The van der Waals surface area contributed by atoms with Gasteiger partial charge < -0.3 is 28.7 Å². The lowest BCUT2D eigenvalue weighted by Crippen LogP contribution is -2.45. The van der Waals surface area contributed by atoms with Gasteiger partial charge in [0.15, 0.2) is 5.69 Å². The predicted molar refractivity (Wildman–Crippen MR) is 183 cm³/mol. The number of nitrogens with one attached hydrogen (secondary N) is 1. The monoisotopic (exact) mass is 785 g/mol. The molecule has 0 fully saturated rings. The van der Waals surface area contributed by atoms with Crippen LogP contribution in [0.25, 0.3) is 11.6 Å². The molecule has 1 unspecified atom stereocenters. The molecular weight excluding hydrogens is 744 g/mol. The van der Waals surface area contributed by atoms with Crippen LogP contribution in [0.3, 0.4) is 0 Å². The van der Waals surface area contributed by atoms with Crippen molar-refractivity contribution in [1.29, 1.82) is 0 Å². The van der Waals surface area contributed by atoms with Gasteiger partial charge in [-0.3, -0.25) is 0 Å². The van der Waals surface area contributed by atoms with Crippen LogP contribution in [0.15, 0.2) is 53.0 Å². The van der Waals surface area contributed by atoms with Gasteiger partial charge in [0, 0.05) is 0 Å². The average molecular weight is 786 g/mol. The normalized spacial score (nSPS) is 18.1. The number of amides is 2. The Morgan fingerprint density at radius 3 is 2.09 bits per heavy atom. The van der Waals surface area contributed by atoms with E-state index in [4.69, 9.17) is 23.4 Å². The second-order valence-electron chi connectivity index (χ2n) is 14.3. The number of halogens is 6. The lowest BCUT2D eigenvalue weighted by atomic mass is 9.95. The molecule has 0 saturated carbocycles. The van der Waals surface area contributed by atoms with Gasteiger partial charge in [-0.2, -0.15) is 31.2 Å². The van der Waals surface area contributed by atoms with Crippen molar-refractivity contribution in [1.82, 2.24) is 15.2 Å². The zero-order valence-corrected chi connectivity index (χ0v) is 31.1. The number of esters is 1. The zero-order valence-electron chi connectivity index (χ0n) is 31.1. The highest BCUT2D eigenvalue weighted by Gasteiger charge is 2.61. The maximum atomic E-state index is 15.3. The summed E-state index contributed by atoms with van der Waals surface area (Å²) in [5, 5.41) is 9.78. The number of carbonyl (C=O) groups is 3. The molecule has 4 bridgehead atoms. The molecule has 4 rings (SSSR count). The molecule has 2 atom stereocenters. The number of ether oxygens (including phenoxy) is 4. The van der Waals surface area contributed by atoms with Gasteiger partial charge in [0.05, 0.1) is 24.5 Å². The molecule has 0 radical (unpaired) electrons. The van der Waals surface area contributed by atoms with Gasteiger partial charge in [0.1, 0.15) is 23.1 Å². The van der Waals surface area contributed by atoms with Gasteiger partial charge in [0.2, 0.25) is 5.60 Å². The van der Waals surface area contributed by atoms with Crippen molar-refractivity contribution in [2.75, 3.05) is 16.8 Å². The number of aromatic nitrogens is 3. The molecule has 3 aromatic rings. The first-order chi connectivity index (χ1) is 25.5. The summed E-state index contributed by atoms with van der Waals surface area (Å²) in [4.78, 5) is 44.5. The Morgan fingerprint density at radius 1 is 0.927 bits per heavy atom. The Hall–Kier alpha value is -5.20. The lowest BCUT2D eigenvalue weighted by Gasteiger charge is -2.32. The van der Waals surface area contributed by atoms with Crippen LogP contribution >= 0.6 is 0 Å². The number of hydrogen-bond acceptors (Lipinski definition) is 12. The Bertz CT molecular complexity index is 1840. The van der Waals surface area contributed by atoms with Crippen LogP contribution in [-0.4, -0.2) is 63.4 Å². The van der Waals surface area contributed by atoms with Crippen molar-refractivity contribution in [2.24, 2.45) is 0 Å². The summed E-state index contributed by atoms with van der Waals surface area (Å²) in [6, 6.07) is 6.62. The molecule has 13 nitrogen and oxygen atoms in total. The third-order valence-electron chi connectivity index (χ3n) is 7.54. The average Bonchev–Trinajstić information content (AvgIpc) is 3.54. The Morgan fingerprint density at radius 2 is 1.55 bits per heavy atom. The van der Waals surface area contributed by atoms with Crippen LogP contribution in [0.4, 0.5) is 47.4 Å². The van der Waals surface area contributed by atoms with Crippen LogP contribution in [0.2, 0.25) is 0 Å². The number of nitrogens with zero attached hydrogens (tertiary/aromatic N) is 4. The molecule has 1 aliphatic rings. The number of alkyl halides is 6. The molecule has 0 spiro atoms. The fourth-order valence-electron chi connectivity index (χ4n) is 5.15. The molecule has 1 aromatic carbocycles. The number of anilines is 2. The van der Waals surface area contributed by atoms with Gasteiger partial charge in [-0.25, -0.2) is 19.4 Å². The predicted octanol–water partition coefficient (Wildman–Crippen LogP) is 8.89. The summed E-state index contributed by atoms with van der Waals surface area (Å²) >= 11 is 0. The summed E-state index contributed by atoms with van der Waals surface area (Å²) in [6.07, 6.45) is -12.6. The number of imide groups is 1. The van der Waals surface area contributed by atoms with E-state index in [9.17, 15) is 27.6 Å². The summed E-state index contributed by atoms with van der Waals surface area (Å²) in [7, 11) is 0. The Kier molecular flexibility index (Phi) is 12.6. The molecule has 0 saturated heterocycles. The SMILES string of the molecule is CCOC(=O)C1CC=CCC[C@](OCc2ccccc2)(C(F)(F)F)c2nnc(o2)-c2nc(c(C(F)(F)F)cc2N(C(=O)OC(C)(C)C)C(=O)OC(C)(C)C)N1. The standard InChI is InChI=1S/C36H41F6N5O8/c1-8-51-28(48)23-17-13-10-14-18-34(36(40,41)42,52-20-21-15-11-9-12-16-21)29-46-45-27(53-29)25-24(19-22(35(37,38)39)26(43-23)44-25)47(30(49)54-32(2,3)4)31(50)55-33(5,6)7/h9-13,15-16,19,23H,8,14,17-18,20H2,1-7H3,(H,43,44)/t23?,34-/m1/s1. The van der Waals surface area contributed by atoms with Crippen LogP contribution in [0.1, 0.15) is 84.7 Å². The largest absolute Gasteiger partial charge is 0.464 e. The maximum Gasteiger partial charge on any atom is 0.426 e. The van der Waals surface area contributed by atoms with E-state index in [1.165, 1.54) is 72.8 Å². The molecule has 300 valence electrons. The first-order valence-corrected chi connectivity index (χ1v) is 17.0. The highest BCUT2D eigenvalue weighted by molar-refractivity contribution is 6.11. The van der Waals surface area contributed by atoms with Crippen molar-refractivity contribution in [3.63, 3.8) is 0 Å². The number of rotatable bonds is 6. The smallest absolute Gasteiger partial charge is 0.426 e. The molecule has 0 aliphatic carbocycles. The number of benzene rings is 1. The van der Waals surface area contributed by atoms with E-state index in [-0.39, 0.29) is 24.3 Å². The van der Waals surface area contributed by atoms with Crippen molar-refractivity contribution in [3.8, 4) is 11.6 Å². The molecule has 1 aliphatic heterocycles. The Labute approximate surface area is 312 Å². The number of carbonyl (C=O) groups excluding carboxylic acids is 3. The van der Waals surface area contributed by atoms with Gasteiger partial charge in [-0.05, 0) is 79.4 Å². The lowest BCUT2D eigenvalue weighted by molar-refractivity contribution is -0.299. The van der Waals surface area contributed by atoms with E-state index in [2.05, 4.69) is 20.5 Å². The van der Waals surface area contributed by atoms with Crippen molar-refractivity contribution in [3.05, 3.63) is 65.6 Å². The zero-order chi connectivity index (χ0) is 41.0. The number of fused-ring (bicyclic) bond motifs is 5. The molecule has 55 heavy (non-hydrogen) atoms. The quantitative estimate of drug-likeness (QED) is 0.110. The van der Waals surface area contributed by atoms with Crippen LogP contribution in [0, 0.1) is 0 Å². The van der Waals surface area contributed by atoms with Crippen LogP contribution in [0.5, 0.6) is 0 Å². The van der Waals surface area contributed by atoms with Crippen molar-refractivity contribution >= 4 is 29.7 Å². The molecule has 1 N–H and O–H groups in total. The minimum atomic E-state index is -5.28. The third kappa shape index (κ3) is 10.5. The molecular formula is C36H41F6N5O8. The molecule has 2 amide bonds. The van der Waals surface area contributed by atoms with Gasteiger partial charge >= 0.3 is 30.5 Å². The van der Waals surface area contributed by atoms with E-state index in [0.717, 1.165) is 0 Å². The molecule has 19 heteroatoms. The minimum absolute atomic E-state index is 0.0827. The number of hydrogen-bond donors (Lipinski definition) is 1. The van der Waals surface area contributed by atoms with E-state index in [0.29, 0.717) is 11.6 Å². The van der Waals surface area contributed by atoms with E-state index < -0.39 is 101 Å². The first kappa shape index (κ1) is 42.5. The van der Waals surface area contributed by atoms with E-state index >= 15 is 13.2 Å². The maximum absolute atomic E-state index is 15.3. The van der Waals surface area contributed by atoms with Crippen LogP contribution in [-0.2, 0) is 42.1 Å². The summed E-state index contributed by atoms with van der Waals surface area (Å²) in [6.45, 7) is 9.19. The first-order valence-electron chi connectivity index (χ1n) is 17.0. The second kappa shape index (κ2) is 16.3. The van der Waals surface area contributed by atoms with Crippen molar-refractivity contribution < 1.29 is 64.1 Å². The van der Waals surface area contributed by atoms with E-state index in [1.54, 1.807) is 18.2 Å². The highest BCUT2D eigenvalue weighted by Crippen LogP contribution is 2.48. The minimum Gasteiger partial charge on any atom is -0.464 e. The fourth-order valence-corrected chi connectivity index (χ4v) is 5.15. The molecule has 3 heterocycles. The van der Waals surface area contributed by atoms with Gasteiger partial charge in [0.25, 0.3) is 11.8 Å². The summed E-state index contributed by atoms with van der Waals surface area (Å²) in [5.74, 6) is -4.18. The third-order valence-corrected chi connectivity index (χ3v) is 7.54. The second-order valence-corrected chi connectivity index (χ2v) is 14.3. The van der Waals surface area contributed by atoms with Crippen molar-refractivity contribution in [2.45, 2.75) is 110 Å². The van der Waals surface area contributed by atoms with Gasteiger partial charge in [-0.15, -0.1) is 10.2 Å².